The molecule has 0 saturated carbocycles. The summed E-state index contributed by atoms with van der Waals surface area (Å²) in [6.07, 6.45) is 6.91. The van der Waals surface area contributed by atoms with Gasteiger partial charge in [0.2, 0.25) is 0 Å². The number of aliphatic hydroxyl groups is 1. The van der Waals surface area contributed by atoms with Crippen molar-refractivity contribution in [2.75, 3.05) is 51.3 Å². The number of hydrogen-bond donors (Lipinski definition) is 2. The molecule has 2 atom stereocenters. The molecule has 5 heterocycles. The van der Waals surface area contributed by atoms with E-state index in [9.17, 15) is 22.7 Å². The van der Waals surface area contributed by atoms with Crippen LogP contribution in [0.4, 0.5) is 10.2 Å². The van der Waals surface area contributed by atoms with Gasteiger partial charge in [0.15, 0.2) is 22.4 Å². The molecule has 2 N–H and O–H groups in total. The summed E-state index contributed by atoms with van der Waals surface area (Å²) in [4.78, 5) is 32.7. The molecule has 3 saturated heterocycles. The second-order valence-electron chi connectivity index (χ2n) is 16.7. The quantitative estimate of drug-likeness (QED) is 0.176. The topological polar surface area (TPSA) is 164 Å². The zero-order valence-corrected chi connectivity index (χ0v) is 35.4. The van der Waals surface area contributed by atoms with Crippen molar-refractivity contribution < 1.29 is 36.9 Å². The Morgan fingerprint density at radius 2 is 1.75 bits per heavy atom. The van der Waals surface area contributed by atoms with E-state index in [-0.39, 0.29) is 52.8 Å². The Labute approximate surface area is 345 Å². The lowest BCUT2D eigenvalue weighted by Gasteiger charge is -2.55. The van der Waals surface area contributed by atoms with Crippen molar-refractivity contribution in [1.82, 2.24) is 34.0 Å². The monoisotopic (exact) mass is 834 g/mol. The number of halogens is 1. The molecule has 3 aliphatic heterocycles. The van der Waals surface area contributed by atoms with E-state index >= 15 is 0 Å². The fraction of sp³-hybridized carbons (Fsp3) is 0.524. The molecule has 4 aromatic rings. The molecule has 59 heavy (non-hydrogen) atoms. The molecule has 15 nitrogen and oxygen atoms in total. The number of carbonyl (C=O) groups is 1. The van der Waals surface area contributed by atoms with E-state index in [1.165, 1.54) is 30.7 Å². The molecule has 2 aromatic heterocycles. The maximum absolute atomic E-state index is 14.5. The van der Waals surface area contributed by atoms with Crippen LogP contribution in [-0.2, 0) is 21.3 Å². The van der Waals surface area contributed by atoms with Gasteiger partial charge < -0.3 is 33.7 Å². The number of imidazole rings is 1. The van der Waals surface area contributed by atoms with Gasteiger partial charge in [-0.1, -0.05) is 12.1 Å². The molecule has 17 heteroatoms. The second kappa shape index (κ2) is 17.1. The van der Waals surface area contributed by atoms with Crippen molar-refractivity contribution in [3.8, 4) is 17.2 Å². The van der Waals surface area contributed by atoms with Crippen LogP contribution in [0.15, 0.2) is 66.2 Å². The summed E-state index contributed by atoms with van der Waals surface area (Å²) in [5.74, 6) is 0.277. The predicted molar refractivity (Wildman–Crippen MR) is 219 cm³/mol. The number of sulfonamides is 1. The number of piperidine rings is 1. The third kappa shape index (κ3) is 9.39. The Hall–Kier alpha value is -4.68. The Bertz CT molecular complexity index is 2200. The lowest BCUT2D eigenvalue weighted by molar-refractivity contribution is -0.239. The van der Waals surface area contributed by atoms with Crippen LogP contribution in [0.3, 0.4) is 0 Å². The van der Waals surface area contributed by atoms with Crippen molar-refractivity contribution in [3.63, 3.8) is 0 Å². The van der Waals surface area contributed by atoms with Crippen molar-refractivity contribution in [2.45, 2.75) is 95.8 Å². The van der Waals surface area contributed by atoms with Gasteiger partial charge in [-0.2, -0.15) is 0 Å². The summed E-state index contributed by atoms with van der Waals surface area (Å²) >= 11 is 0. The van der Waals surface area contributed by atoms with Gasteiger partial charge >= 0.3 is 0 Å². The van der Waals surface area contributed by atoms with E-state index in [1.807, 2.05) is 52.0 Å². The second-order valence-corrected chi connectivity index (χ2v) is 18.3. The number of benzene rings is 2. The molecule has 1 spiro atoms. The SMILES string of the molecule is COc1ccc(Cn2c(S(=O)(=O)N[C@@H]3CC[C@](O)(CN4CCC5(CC4)CN(c4ncncc4Oc4ccc(F)cc4C(=O)N(C(C)C)C(C)C)C5)OC3)cnc2C)cc1. The Morgan fingerprint density at radius 1 is 1.03 bits per heavy atom. The van der Waals surface area contributed by atoms with E-state index in [0.29, 0.717) is 42.7 Å². The maximum atomic E-state index is 14.5. The Balaban J connectivity index is 0.909. The molecule has 3 aliphatic rings. The van der Waals surface area contributed by atoms with Crippen molar-refractivity contribution >= 4 is 21.7 Å². The molecule has 2 aromatic carbocycles. The number of methoxy groups -OCH3 is 1. The van der Waals surface area contributed by atoms with Gasteiger partial charge in [-0.05, 0) is 103 Å². The first-order valence-corrected chi connectivity index (χ1v) is 21.7. The molecule has 318 valence electrons. The van der Waals surface area contributed by atoms with Gasteiger partial charge in [-0.15, -0.1) is 0 Å². The molecule has 1 amide bonds. The Kier molecular flexibility index (Phi) is 12.3. The van der Waals surface area contributed by atoms with Gasteiger partial charge in [0.1, 0.15) is 29.5 Å². The number of amides is 1. The van der Waals surface area contributed by atoms with Crippen LogP contribution < -0.4 is 19.1 Å². The van der Waals surface area contributed by atoms with E-state index in [1.54, 1.807) is 29.7 Å². The first kappa shape index (κ1) is 42.4. The number of likely N-dealkylation sites (tertiary alicyclic amines) is 1. The standard InChI is InChI=1S/C42H55FN8O7S/c1-28(2)51(29(3)4)40(52)35-19-32(43)9-12-36(35)58-37-20-44-27-46-39(37)49-24-41(25-49)15-17-48(18-16-41)26-42(53)14-13-33(23-57-42)47-59(54,55)38-21-45-30(5)50(38)22-31-7-10-34(56-6)11-8-31/h7-12,19-21,27-29,33,47,53H,13-18,22-26H2,1-6H3/t33-,42-/m1/s1. The number of hydrogen-bond acceptors (Lipinski definition) is 12. The summed E-state index contributed by atoms with van der Waals surface area (Å²) in [6.45, 7) is 13.2. The molecular formula is C42H55FN8O7S. The summed E-state index contributed by atoms with van der Waals surface area (Å²) in [7, 11) is -2.34. The number of β-amino-alcohol motifs (C(OH)–C–C–N with tert-alkyl or cyclic N) is 1. The van der Waals surface area contributed by atoms with Crippen LogP contribution in [0.5, 0.6) is 17.2 Å². The molecule has 0 unspecified atom stereocenters. The van der Waals surface area contributed by atoms with Gasteiger partial charge in [0.05, 0.1) is 44.8 Å². The lowest BCUT2D eigenvalue weighted by Crippen LogP contribution is -2.62. The zero-order chi connectivity index (χ0) is 42.1. The number of aromatic nitrogens is 4. The molecular weight excluding hydrogens is 780 g/mol. The van der Waals surface area contributed by atoms with E-state index in [2.05, 4.69) is 29.5 Å². The maximum Gasteiger partial charge on any atom is 0.258 e. The number of nitrogens with one attached hydrogen (secondary N) is 1. The molecule has 0 aliphatic carbocycles. The normalized spacial score (nSPS) is 20.8. The lowest BCUT2D eigenvalue weighted by atomic mass is 9.72. The number of aryl methyl sites for hydroxylation is 1. The fourth-order valence-corrected chi connectivity index (χ4v) is 9.97. The van der Waals surface area contributed by atoms with Crippen molar-refractivity contribution in [1.29, 1.82) is 0 Å². The zero-order valence-electron chi connectivity index (χ0n) is 34.6. The first-order chi connectivity index (χ1) is 28.1. The van der Waals surface area contributed by atoms with Crippen LogP contribution in [0.2, 0.25) is 0 Å². The predicted octanol–water partition coefficient (Wildman–Crippen LogP) is 4.98. The van der Waals surface area contributed by atoms with Gasteiger partial charge in [-0.25, -0.2) is 32.5 Å². The minimum absolute atomic E-state index is 0.0404. The van der Waals surface area contributed by atoms with Crippen LogP contribution >= 0.6 is 0 Å². The van der Waals surface area contributed by atoms with Crippen LogP contribution in [0.25, 0.3) is 0 Å². The first-order valence-electron chi connectivity index (χ1n) is 20.2. The number of ether oxygens (including phenoxy) is 3. The highest BCUT2D eigenvalue weighted by molar-refractivity contribution is 7.89. The highest BCUT2D eigenvalue weighted by atomic mass is 32.2. The van der Waals surface area contributed by atoms with E-state index in [4.69, 9.17) is 14.2 Å². The number of nitrogens with zero attached hydrogens (tertiary/aromatic N) is 7. The average Bonchev–Trinajstić information content (AvgIpc) is 3.56. The number of rotatable bonds is 14. The third-order valence-electron chi connectivity index (χ3n) is 11.7. The Morgan fingerprint density at radius 3 is 2.39 bits per heavy atom. The van der Waals surface area contributed by atoms with E-state index < -0.39 is 27.7 Å². The summed E-state index contributed by atoms with van der Waals surface area (Å²) in [5.41, 5.74) is 1.10. The minimum atomic E-state index is -3.93. The van der Waals surface area contributed by atoms with Crippen LogP contribution in [-0.4, -0.2) is 119 Å². The smallest absolute Gasteiger partial charge is 0.258 e. The fourth-order valence-electron chi connectivity index (χ4n) is 8.54. The van der Waals surface area contributed by atoms with E-state index in [0.717, 1.165) is 44.6 Å². The summed E-state index contributed by atoms with van der Waals surface area (Å²) in [6, 6.07) is 10.7. The minimum Gasteiger partial charge on any atom is -0.497 e. The summed E-state index contributed by atoms with van der Waals surface area (Å²) < 4.78 is 63.5. The molecule has 3 fully saturated rings. The summed E-state index contributed by atoms with van der Waals surface area (Å²) in [5, 5.41) is 11.5. The van der Waals surface area contributed by atoms with Gasteiger partial charge in [-0.3, -0.25) is 9.69 Å². The molecule has 0 bridgehead atoms. The van der Waals surface area contributed by atoms with Crippen LogP contribution in [0.1, 0.15) is 75.1 Å². The van der Waals surface area contributed by atoms with Crippen molar-refractivity contribution in [3.05, 3.63) is 84.0 Å². The highest BCUT2D eigenvalue weighted by Gasteiger charge is 2.47. The largest absolute Gasteiger partial charge is 0.497 e. The van der Waals surface area contributed by atoms with Crippen molar-refractivity contribution in [2.24, 2.45) is 5.41 Å². The average molecular weight is 835 g/mol. The highest BCUT2D eigenvalue weighted by Crippen LogP contribution is 2.45. The number of carbonyl (C=O) groups excluding carboxylic acids is 1. The third-order valence-corrected chi connectivity index (χ3v) is 13.2. The van der Waals surface area contributed by atoms with Gasteiger partial charge in [0.25, 0.3) is 15.9 Å². The number of anilines is 1. The molecule has 0 radical (unpaired) electrons. The van der Waals surface area contributed by atoms with Gasteiger partial charge in [0, 0.05) is 43.1 Å². The molecule has 7 rings (SSSR count). The van der Waals surface area contributed by atoms with Crippen LogP contribution in [0, 0.1) is 18.2 Å².